The van der Waals surface area contributed by atoms with Crippen molar-refractivity contribution >= 4 is 0 Å². The molecule has 0 aromatic rings. The van der Waals surface area contributed by atoms with Crippen LogP contribution in [0.5, 0.6) is 0 Å². The lowest BCUT2D eigenvalue weighted by Gasteiger charge is -2.28. The zero-order valence-electron chi connectivity index (χ0n) is 12.0. The largest absolute Gasteiger partial charge is 0.372 e. The highest BCUT2D eigenvalue weighted by atomic mass is 16.5. The van der Waals surface area contributed by atoms with Crippen LogP contribution < -0.4 is 5.32 Å². The second kappa shape index (κ2) is 4.89. The van der Waals surface area contributed by atoms with Gasteiger partial charge in [-0.1, -0.05) is 6.92 Å². The molecule has 0 aromatic heterocycles. The Morgan fingerprint density at radius 3 is 2.47 bits per heavy atom. The summed E-state index contributed by atoms with van der Waals surface area (Å²) in [6, 6.07) is 0.662. The highest BCUT2D eigenvalue weighted by Crippen LogP contribution is 2.54. The Labute approximate surface area is 107 Å². The van der Waals surface area contributed by atoms with Crippen LogP contribution in [0.25, 0.3) is 0 Å². The molecule has 2 unspecified atom stereocenters. The average molecular weight is 239 g/mol. The van der Waals surface area contributed by atoms with Gasteiger partial charge in [0.1, 0.15) is 0 Å². The quantitative estimate of drug-likeness (QED) is 0.766. The molecule has 1 saturated heterocycles. The van der Waals surface area contributed by atoms with Crippen molar-refractivity contribution in [3.63, 3.8) is 0 Å². The molecule has 100 valence electrons. The van der Waals surface area contributed by atoms with Gasteiger partial charge in [-0.25, -0.2) is 0 Å². The van der Waals surface area contributed by atoms with Crippen molar-refractivity contribution in [3.05, 3.63) is 0 Å². The third-order valence-electron chi connectivity index (χ3n) is 4.70. The molecule has 0 radical (unpaired) electrons. The Morgan fingerprint density at radius 2 is 2.00 bits per heavy atom. The van der Waals surface area contributed by atoms with E-state index in [4.69, 9.17) is 4.74 Å². The first-order valence-corrected chi connectivity index (χ1v) is 7.39. The van der Waals surface area contributed by atoms with Gasteiger partial charge in [0.05, 0.1) is 11.7 Å². The number of nitrogens with one attached hydrogen (secondary N) is 1. The van der Waals surface area contributed by atoms with Gasteiger partial charge in [-0.15, -0.1) is 0 Å². The minimum atomic E-state index is 0.126. The smallest absolute Gasteiger partial charge is 0.0631 e. The second-order valence-corrected chi connectivity index (χ2v) is 6.78. The van der Waals surface area contributed by atoms with Crippen LogP contribution in [0.2, 0.25) is 0 Å². The van der Waals surface area contributed by atoms with E-state index in [0.717, 1.165) is 6.54 Å². The van der Waals surface area contributed by atoms with E-state index in [1.165, 1.54) is 38.5 Å². The van der Waals surface area contributed by atoms with Crippen LogP contribution in [0.3, 0.4) is 0 Å². The molecule has 2 aliphatic rings. The topological polar surface area (TPSA) is 21.3 Å². The van der Waals surface area contributed by atoms with Gasteiger partial charge in [0.15, 0.2) is 0 Å². The lowest BCUT2D eigenvalue weighted by molar-refractivity contribution is -0.0285. The minimum absolute atomic E-state index is 0.126. The predicted octanol–water partition coefficient (Wildman–Crippen LogP) is 3.50. The van der Waals surface area contributed by atoms with Gasteiger partial charge in [-0.3, -0.25) is 0 Å². The maximum Gasteiger partial charge on any atom is 0.0631 e. The molecule has 0 spiro atoms. The number of hydrogen-bond donors (Lipinski definition) is 1. The molecular weight excluding hydrogens is 210 g/mol. The van der Waals surface area contributed by atoms with Gasteiger partial charge in [0, 0.05) is 6.04 Å². The van der Waals surface area contributed by atoms with E-state index in [0.29, 0.717) is 17.6 Å². The Morgan fingerprint density at radius 1 is 1.29 bits per heavy atom. The Hall–Kier alpha value is -0.0800. The molecule has 2 fully saturated rings. The SMILES string of the molecule is CCCNC(C)C1(CC2CCC(C)(C)O2)CC1. The average Bonchev–Trinajstić information content (AvgIpc) is 2.96. The van der Waals surface area contributed by atoms with Crippen molar-refractivity contribution in [3.8, 4) is 0 Å². The summed E-state index contributed by atoms with van der Waals surface area (Å²) in [5.41, 5.74) is 0.682. The van der Waals surface area contributed by atoms with Gasteiger partial charge < -0.3 is 10.1 Å². The second-order valence-electron chi connectivity index (χ2n) is 6.78. The molecule has 0 bridgehead atoms. The van der Waals surface area contributed by atoms with Crippen molar-refractivity contribution in [2.45, 2.75) is 84.0 Å². The van der Waals surface area contributed by atoms with E-state index in [9.17, 15) is 0 Å². The summed E-state index contributed by atoms with van der Waals surface area (Å²) in [5.74, 6) is 0. The first-order chi connectivity index (χ1) is 7.97. The molecule has 2 heteroatoms. The highest BCUT2D eigenvalue weighted by molar-refractivity contribution is 5.02. The zero-order valence-corrected chi connectivity index (χ0v) is 12.0. The molecule has 1 aliphatic carbocycles. The summed E-state index contributed by atoms with van der Waals surface area (Å²) in [7, 11) is 0. The summed E-state index contributed by atoms with van der Waals surface area (Å²) >= 11 is 0. The molecule has 1 aliphatic heterocycles. The number of hydrogen-bond acceptors (Lipinski definition) is 2. The molecule has 2 nitrogen and oxygen atoms in total. The molecule has 1 heterocycles. The normalized spacial score (nSPS) is 31.4. The van der Waals surface area contributed by atoms with E-state index in [2.05, 4.69) is 33.0 Å². The van der Waals surface area contributed by atoms with Gasteiger partial charge in [0.25, 0.3) is 0 Å². The maximum atomic E-state index is 6.15. The molecular formula is C15H29NO. The van der Waals surface area contributed by atoms with Crippen molar-refractivity contribution in [1.29, 1.82) is 0 Å². The Kier molecular flexibility index (Phi) is 3.84. The van der Waals surface area contributed by atoms with Crippen LogP contribution in [0, 0.1) is 5.41 Å². The number of ether oxygens (including phenoxy) is 1. The van der Waals surface area contributed by atoms with Crippen LogP contribution in [-0.4, -0.2) is 24.3 Å². The van der Waals surface area contributed by atoms with Crippen molar-refractivity contribution in [2.24, 2.45) is 5.41 Å². The molecule has 2 atom stereocenters. The fourth-order valence-electron chi connectivity index (χ4n) is 3.23. The van der Waals surface area contributed by atoms with Crippen LogP contribution in [0.15, 0.2) is 0 Å². The lowest BCUT2D eigenvalue weighted by Crippen LogP contribution is -2.37. The first kappa shape index (κ1) is 13.4. The van der Waals surface area contributed by atoms with E-state index in [-0.39, 0.29) is 5.60 Å². The van der Waals surface area contributed by atoms with Crippen LogP contribution in [0.1, 0.15) is 66.2 Å². The Balaban J connectivity index is 1.82. The third kappa shape index (κ3) is 3.23. The van der Waals surface area contributed by atoms with Crippen molar-refractivity contribution in [1.82, 2.24) is 5.32 Å². The van der Waals surface area contributed by atoms with Gasteiger partial charge in [-0.2, -0.15) is 0 Å². The van der Waals surface area contributed by atoms with E-state index < -0.39 is 0 Å². The lowest BCUT2D eigenvalue weighted by atomic mass is 9.89. The monoisotopic (exact) mass is 239 g/mol. The standard InChI is InChI=1S/C15H29NO/c1-5-10-16-12(2)15(8-9-15)11-13-6-7-14(3,4)17-13/h12-13,16H,5-11H2,1-4H3. The van der Waals surface area contributed by atoms with E-state index in [1.54, 1.807) is 0 Å². The van der Waals surface area contributed by atoms with E-state index in [1.807, 2.05) is 0 Å². The molecule has 0 aromatic carbocycles. The zero-order chi connectivity index (χ0) is 12.5. The number of rotatable bonds is 6. The van der Waals surface area contributed by atoms with Gasteiger partial charge in [-0.05, 0) is 71.3 Å². The van der Waals surface area contributed by atoms with Crippen molar-refractivity contribution in [2.75, 3.05) is 6.54 Å². The summed E-state index contributed by atoms with van der Waals surface area (Å²) in [6.07, 6.45) is 8.29. The summed E-state index contributed by atoms with van der Waals surface area (Å²) in [5, 5.41) is 3.67. The Bertz CT molecular complexity index is 258. The van der Waals surface area contributed by atoms with Crippen LogP contribution >= 0.6 is 0 Å². The fraction of sp³-hybridized carbons (Fsp3) is 1.00. The molecule has 1 saturated carbocycles. The minimum Gasteiger partial charge on any atom is -0.372 e. The first-order valence-electron chi connectivity index (χ1n) is 7.39. The molecule has 0 amide bonds. The molecule has 2 rings (SSSR count). The van der Waals surface area contributed by atoms with E-state index >= 15 is 0 Å². The van der Waals surface area contributed by atoms with Gasteiger partial charge in [0.2, 0.25) is 0 Å². The highest BCUT2D eigenvalue weighted by Gasteiger charge is 2.49. The van der Waals surface area contributed by atoms with Gasteiger partial charge >= 0.3 is 0 Å². The fourth-order valence-corrected chi connectivity index (χ4v) is 3.23. The summed E-state index contributed by atoms with van der Waals surface area (Å²) in [6.45, 7) is 10.2. The predicted molar refractivity (Wildman–Crippen MR) is 72.2 cm³/mol. The molecule has 17 heavy (non-hydrogen) atoms. The summed E-state index contributed by atoms with van der Waals surface area (Å²) < 4.78 is 6.15. The third-order valence-corrected chi connectivity index (χ3v) is 4.70. The van der Waals surface area contributed by atoms with Crippen molar-refractivity contribution < 1.29 is 4.74 Å². The maximum absolute atomic E-state index is 6.15. The molecule has 1 N–H and O–H groups in total. The van der Waals surface area contributed by atoms with Crippen LogP contribution in [-0.2, 0) is 4.74 Å². The summed E-state index contributed by atoms with van der Waals surface area (Å²) in [4.78, 5) is 0. The van der Waals surface area contributed by atoms with Crippen LogP contribution in [0.4, 0.5) is 0 Å².